The van der Waals surface area contributed by atoms with E-state index in [-0.39, 0.29) is 17.2 Å². The number of sulfonamides is 1. The molecule has 31 heavy (non-hydrogen) atoms. The molecule has 0 aliphatic carbocycles. The van der Waals surface area contributed by atoms with E-state index in [4.69, 9.17) is 0 Å². The van der Waals surface area contributed by atoms with E-state index >= 15 is 0 Å². The number of hydrogen-bond donors (Lipinski definition) is 1. The van der Waals surface area contributed by atoms with Gasteiger partial charge < -0.3 is 5.32 Å². The third kappa shape index (κ3) is 3.67. The minimum Gasteiger partial charge on any atom is -0.362 e. The van der Waals surface area contributed by atoms with Crippen LogP contribution >= 0.6 is 0 Å². The summed E-state index contributed by atoms with van der Waals surface area (Å²) in [7, 11) is -3.73. The molecule has 2 aliphatic heterocycles. The van der Waals surface area contributed by atoms with E-state index in [9.17, 15) is 17.6 Å². The first-order chi connectivity index (χ1) is 14.9. The molecule has 0 unspecified atom stereocenters. The fourth-order valence-corrected chi connectivity index (χ4v) is 5.48. The second kappa shape index (κ2) is 7.63. The summed E-state index contributed by atoms with van der Waals surface area (Å²) in [6, 6.07) is 10.5. The van der Waals surface area contributed by atoms with E-state index in [1.54, 1.807) is 6.07 Å². The molecule has 10 heteroatoms. The van der Waals surface area contributed by atoms with Crippen LogP contribution in [0.15, 0.2) is 47.4 Å². The van der Waals surface area contributed by atoms with Gasteiger partial charge in [0, 0.05) is 31.7 Å². The van der Waals surface area contributed by atoms with Crippen LogP contribution in [0.5, 0.6) is 0 Å². The smallest absolute Gasteiger partial charge is 0.243 e. The highest BCUT2D eigenvalue weighted by atomic mass is 32.2. The Bertz CT molecular complexity index is 1290. The molecule has 0 saturated carbocycles. The molecule has 3 aromatic rings. The second-order valence-corrected chi connectivity index (χ2v) is 9.54. The molecular formula is C21H20FN5O3S. The number of rotatable bonds is 4. The summed E-state index contributed by atoms with van der Waals surface area (Å²) in [5, 5.41) is 3.81. The average molecular weight is 441 g/mol. The first-order valence-corrected chi connectivity index (χ1v) is 11.4. The van der Waals surface area contributed by atoms with E-state index in [1.807, 2.05) is 12.1 Å². The average Bonchev–Trinajstić information content (AvgIpc) is 2.76. The standard InChI is InChI=1S/C21H20FN5O3S/c22-14-3-1-4-15(11-14)31(29,30)27-9-7-26(8-10-27)13-19-24-17-6-2-5-16-18(28)12-23-21(25-19)20(16)17/h1-6,11H,7-10,12-13H2,(H,23,24,25). The molecule has 1 fully saturated rings. The molecule has 0 atom stereocenters. The normalized spacial score (nSPS) is 17.6. The fraction of sp³-hybridized carbons (Fsp3) is 0.286. The lowest BCUT2D eigenvalue weighted by Crippen LogP contribution is -2.48. The lowest BCUT2D eigenvalue weighted by atomic mass is 10.0. The summed E-state index contributed by atoms with van der Waals surface area (Å²) in [6.07, 6.45) is 0. The Labute approximate surface area is 178 Å². The number of hydrogen-bond acceptors (Lipinski definition) is 7. The number of carbonyl (C=O) groups is 1. The van der Waals surface area contributed by atoms with Crippen LogP contribution in [0.4, 0.5) is 10.2 Å². The quantitative estimate of drug-likeness (QED) is 0.661. The van der Waals surface area contributed by atoms with Crippen LogP contribution in [0.25, 0.3) is 10.9 Å². The van der Waals surface area contributed by atoms with E-state index in [1.165, 1.54) is 22.5 Å². The van der Waals surface area contributed by atoms with Crippen molar-refractivity contribution >= 4 is 32.5 Å². The SMILES string of the molecule is O=C1CNc2nc(CN3CCN(S(=O)(=O)c4cccc(F)c4)CC3)nc3cccc1c23. The molecule has 1 aromatic heterocycles. The van der Waals surface area contributed by atoms with Crippen LogP contribution in [-0.2, 0) is 16.6 Å². The van der Waals surface area contributed by atoms with Gasteiger partial charge in [0.1, 0.15) is 17.5 Å². The molecule has 0 radical (unpaired) electrons. The molecule has 160 valence electrons. The minimum absolute atomic E-state index is 0.0186. The fourth-order valence-electron chi connectivity index (χ4n) is 4.03. The van der Waals surface area contributed by atoms with Crippen molar-refractivity contribution < 1.29 is 17.6 Å². The van der Waals surface area contributed by atoms with Crippen LogP contribution in [-0.4, -0.2) is 66.1 Å². The summed E-state index contributed by atoms with van der Waals surface area (Å²) >= 11 is 0. The molecule has 8 nitrogen and oxygen atoms in total. The van der Waals surface area contributed by atoms with E-state index < -0.39 is 15.8 Å². The lowest BCUT2D eigenvalue weighted by molar-refractivity contribution is 0.101. The Kier molecular flexibility index (Phi) is 4.92. The molecule has 1 N–H and O–H groups in total. The van der Waals surface area contributed by atoms with Crippen LogP contribution in [0, 0.1) is 5.82 Å². The van der Waals surface area contributed by atoms with Gasteiger partial charge in [-0.25, -0.2) is 22.8 Å². The highest BCUT2D eigenvalue weighted by Crippen LogP contribution is 2.28. The van der Waals surface area contributed by atoms with Crippen molar-refractivity contribution in [1.82, 2.24) is 19.2 Å². The van der Waals surface area contributed by atoms with Crippen molar-refractivity contribution in [3.05, 3.63) is 59.7 Å². The van der Waals surface area contributed by atoms with Crippen LogP contribution in [0.2, 0.25) is 0 Å². The lowest BCUT2D eigenvalue weighted by Gasteiger charge is -2.33. The van der Waals surface area contributed by atoms with Crippen LogP contribution in [0.1, 0.15) is 16.2 Å². The van der Waals surface area contributed by atoms with Gasteiger partial charge in [-0.05, 0) is 24.3 Å². The van der Waals surface area contributed by atoms with Crippen molar-refractivity contribution in [2.45, 2.75) is 11.4 Å². The van der Waals surface area contributed by atoms with Crippen molar-refractivity contribution in [1.29, 1.82) is 0 Å². The number of Topliss-reactive ketones (excluding diaryl/α,β-unsaturated/α-hetero) is 1. The third-order valence-corrected chi connectivity index (χ3v) is 7.51. The van der Waals surface area contributed by atoms with Gasteiger partial charge in [-0.15, -0.1) is 0 Å². The van der Waals surface area contributed by atoms with Crippen molar-refractivity contribution in [3.8, 4) is 0 Å². The Morgan fingerprint density at radius 3 is 2.58 bits per heavy atom. The monoisotopic (exact) mass is 441 g/mol. The summed E-state index contributed by atoms with van der Waals surface area (Å²) in [4.78, 5) is 23.4. The number of anilines is 1. The van der Waals surface area contributed by atoms with Crippen LogP contribution < -0.4 is 5.32 Å². The highest BCUT2D eigenvalue weighted by Gasteiger charge is 2.29. The first-order valence-electron chi connectivity index (χ1n) is 9.96. The van der Waals surface area contributed by atoms with Gasteiger partial charge in [0.25, 0.3) is 0 Å². The van der Waals surface area contributed by atoms with Gasteiger partial charge in [0.05, 0.1) is 28.9 Å². The number of halogens is 1. The van der Waals surface area contributed by atoms with Gasteiger partial charge in [-0.2, -0.15) is 4.31 Å². The molecular weight excluding hydrogens is 421 g/mol. The maximum Gasteiger partial charge on any atom is 0.243 e. The number of aromatic nitrogens is 2. The van der Waals surface area contributed by atoms with Crippen molar-refractivity contribution in [2.24, 2.45) is 0 Å². The molecule has 5 rings (SSSR count). The van der Waals surface area contributed by atoms with Gasteiger partial charge in [0.15, 0.2) is 5.78 Å². The van der Waals surface area contributed by atoms with Gasteiger partial charge in [0.2, 0.25) is 10.0 Å². The molecule has 0 spiro atoms. The zero-order valence-electron chi connectivity index (χ0n) is 16.6. The molecule has 2 aliphatic rings. The Morgan fingerprint density at radius 1 is 1.03 bits per heavy atom. The Morgan fingerprint density at radius 2 is 1.81 bits per heavy atom. The van der Waals surface area contributed by atoms with Gasteiger partial charge in [-0.1, -0.05) is 18.2 Å². The number of benzene rings is 2. The van der Waals surface area contributed by atoms with Crippen molar-refractivity contribution in [2.75, 3.05) is 38.0 Å². The predicted molar refractivity (Wildman–Crippen MR) is 113 cm³/mol. The van der Waals surface area contributed by atoms with Crippen LogP contribution in [0.3, 0.4) is 0 Å². The topological polar surface area (TPSA) is 95.5 Å². The number of piperazine rings is 1. The number of nitrogens with zero attached hydrogens (tertiary/aromatic N) is 4. The van der Waals surface area contributed by atoms with E-state index in [2.05, 4.69) is 20.2 Å². The largest absolute Gasteiger partial charge is 0.362 e. The zero-order valence-corrected chi connectivity index (χ0v) is 17.4. The summed E-state index contributed by atoms with van der Waals surface area (Å²) in [5.74, 6) is 0.714. The van der Waals surface area contributed by atoms with Gasteiger partial charge >= 0.3 is 0 Å². The molecule has 0 bridgehead atoms. The molecule has 3 heterocycles. The van der Waals surface area contributed by atoms with Gasteiger partial charge in [-0.3, -0.25) is 9.69 Å². The number of nitrogens with one attached hydrogen (secondary N) is 1. The molecule has 0 amide bonds. The maximum absolute atomic E-state index is 13.5. The highest BCUT2D eigenvalue weighted by molar-refractivity contribution is 7.89. The third-order valence-electron chi connectivity index (χ3n) is 5.62. The summed E-state index contributed by atoms with van der Waals surface area (Å²) in [5.41, 5.74) is 1.35. The molecule has 1 saturated heterocycles. The Hall–Kier alpha value is -2.95. The van der Waals surface area contributed by atoms with E-state index in [0.29, 0.717) is 55.4 Å². The minimum atomic E-state index is -3.73. The zero-order chi connectivity index (χ0) is 21.6. The number of carbonyl (C=O) groups excluding carboxylic acids is 1. The Balaban J connectivity index is 1.31. The summed E-state index contributed by atoms with van der Waals surface area (Å²) < 4.78 is 40.4. The summed E-state index contributed by atoms with van der Waals surface area (Å²) in [6.45, 7) is 2.30. The molecule has 2 aromatic carbocycles. The van der Waals surface area contributed by atoms with Crippen molar-refractivity contribution in [3.63, 3.8) is 0 Å². The second-order valence-electron chi connectivity index (χ2n) is 7.60. The number of ketones is 1. The van der Waals surface area contributed by atoms with E-state index in [0.717, 1.165) is 11.5 Å². The predicted octanol–water partition coefficient (Wildman–Crippen LogP) is 1.88. The first kappa shape index (κ1) is 20.0. The maximum atomic E-state index is 13.5.